The van der Waals surface area contributed by atoms with E-state index in [4.69, 9.17) is 0 Å². The highest BCUT2D eigenvalue weighted by Gasteiger charge is 2.15. The number of anilines is 1. The average molecular weight is 320 g/mol. The molecule has 1 amide bonds. The lowest BCUT2D eigenvalue weighted by Crippen LogP contribution is -2.38. The zero-order valence-corrected chi connectivity index (χ0v) is 15.1. The fourth-order valence-corrected chi connectivity index (χ4v) is 2.46. The molecule has 0 bridgehead atoms. The van der Waals surface area contributed by atoms with Gasteiger partial charge in [0.1, 0.15) is 0 Å². The first-order valence-corrected chi connectivity index (χ1v) is 8.65. The third kappa shape index (κ3) is 6.71. The van der Waals surface area contributed by atoms with Crippen LogP contribution in [0.1, 0.15) is 58.9 Å². The number of aliphatic hydroxyl groups is 1. The van der Waals surface area contributed by atoms with Crippen molar-refractivity contribution in [1.82, 2.24) is 5.32 Å². The minimum Gasteiger partial charge on any atom is -0.392 e. The number of benzene rings is 1. The SMILES string of the molecule is CCC(C)C(O)CNC(C)CC(=O)Nc1ccccc1C(C)C. The average Bonchev–Trinajstić information content (AvgIpc) is 2.51. The third-order valence-corrected chi connectivity index (χ3v) is 4.32. The standard InChI is InChI=1S/C19H32N2O2/c1-6-14(4)18(22)12-20-15(5)11-19(23)21-17-10-8-7-9-16(17)13(2)3/h7-10,13-15,18,20,22H,6,11-12H2,1-5H3,(H,21,23). The lowest BCUT2D eigenvalue weighted by molar-refractivity contribution is -0.116. The molecule has 0 fully saturated rings. The van der Waals surface area contributed by atoms with E-state index in [9.17, 15) is 9.90 Å². The van der Waals surface area contributed by atoms with Gasteiger partial charge in [0.05, 0.1) is 6.10 Å². The molecule has 23 heavy (non-hydrogen) atoms. The molecular weight excluding hydrogens is 288 g/mol. The van der Waals surface area contributed by atoms with E-state index in [-0.39, 0.29) is 24.0 Å². The number of rotatable bonds is 9. The summed E-state index contributed by atoms with van der Waals surface area (Å²) in [6.07, 6.45) is 0.968. The van der Waals surface area contributed by atoms with Crippen molar-refractivity contribution in [3.8, 4) is 0 Å². The fraction of sp³-hybridized carbons (Fsp3) is 0.632. The summed E-state index contributed by atoms with van der Waals surface area (Å²) in [4.78, 5) is 12.2. The van der Waals surface area contributed by atoms with E-state index in [0.717, 1.165) is 17.7 Å². The van der Waals surface area contributed by atoms with Gasteiger partial charge in [-0.3, -0.25) is 4.79 Å². The molecule has 0 radical (unpaired) electrons. The maximum Gasteiger partial charge on any atom is 0.225 e. The van der Waals surface area contributed by atoms with Crippen molar-refractivity contribution >= 4 is 11.6 Å². The number of aliphatic hydroxyl groups excluding tert-OH is 1. The van der Waals surface area contributed by atoms with Gasteiger partial charge in [0.15, 0.2) is 0 Å². The summed E-state index contributed by atoms with van der Waals surface area (Å²) in [5.74, 6) is 0.630. The van der Waals surface area contributed by atoms with Gasteiger partial charge in [-0.1, -0.05) is 52.3 Å². The normalized spacial score (nSPS) is 15.3. The molecule has 4 heteroatoms. The van der Waals surface area contributed by atoms with Crippen LogP contribution in [0.3, 0.4) is 0 Å². The van der Waals surface area contributed by atoms with Crippen molar-refractivity contribution in [2.45, 2.75) is 65.5 Å². The van der Waals surface area contributed by atoms with Crippen LogP contribution in [0.2, 0.25) is 0 Å². The molecule has 0 aliphatic carbocycles. The van der Waals surface area contributed by atoms with Gasteiger partial charge < -0.3 is 15.7 Å². The summed E-state index contributed by atoms with van der Waals surface area (Å²) in [5, 5.41) is 16.2. The van der Waals surface area contributed by atoms with E-state index in [0.29, 0.717) is 18.9 Å². The summed E-state index contributed by atoms with van der Waals surface area (Å²) in [6.45, 7) is 10.8. The van der Waals surface area contributed by atoms with Crippen molar-refractivity contribution in [3.63, 3.8) is 0 Å². The Balaban J connectivity index is 2.47. The Morgan fingerprint density at radius 2 is 1.83 bits per heavy atom. The predicted molar refractivity (Wildman–Crippen MR) is 96.7 cm³/mol. The Morgan fingerprint density at radius 3 is 2.43 bits per heavy atom. The Hall–Kier alpha value is -1.39. The summed E-state index contributed by atoms with van der Waals surface area (Å²) in [5.41, 5.74) is 2.04. The van der Waals surface area contributed by atoms with Gasteiger partial charge in [-0.15, -0.1) is 0 Å². The smallest absolute Gasteiger partial charge is 0.225 e. The molecule has 3 atom stereocenters. The molecule has 0 saturated heterocycles. The second-order valence-corrected chi connectivity index (χ2v) is 6.76. The van der Waals surface area contributed by atoms with Gasteiger partial charge in [0.2, 0.25) is 5.91 Å². The van der Waals surface area contributed by atoms with Gasteiger partial charge in [-0.05, 0) is 30.4 Å². The Kier molecular flexibility index (Phi) is 8.28. The first kappa shape index (κ1) is 19.7. The van der Waals surface area contributed by atoms with Crippen LogP contribution in [0.15, 0.2) is 24.3 Å². The van der Waals surface area contributed by atoms with Crippen molar-refractivity contribution in [3.05, 3.63) is 29.8 Å². The molecule has 1 aromatic rings. The van der Waals surface area contributed by atoms with Crippen molar-refractivity contribution in [1.29, 1.82) is 0 Å². The molecule has 0 aliphatic heterocycles. The molecular formula is C19H32N2O2. The second kappa shape index (κ2) is 9.68. The van der Waals surface area contributed by atoms with Crippen LogP contribution in [0.4, 0.5) is 5.69 Å². The Morgan fingerprint density at radius 1 is 1.17 bits per heavy atom. The molecule has 1 rings (SSSR count). The number of carbonyl (C=O) groups excluding carboxylic acids is 1. The number of amides is 1. The van der Waals surface area contributed by atoms with Crippen LogP contribution in [-0.2, 0) is 4.79 Å². The molecule has 0 aliphatic rings. The monoisotopic (exact) mass is 320 g/mol. The minimum atomic E-state index is -0.368. The first-order valence-electron chi connectivity index (χ1n) is 8.65. The van der Waals surface area contributed by atoms with Gasteiger partial charge in [0.25, 0.3) is 0 Å². The number of hydrogen-bond acceptors (Lipinski definition) is 3. The van der Waals surface area contributed by atoms with Crippen molar-refractivity contribution < 1.29 is 9.90 Å². The van der Waals surface area contributed by atoms with Gasteiger partial charge in [-0.25, -0.2) is 0 Å². The third-order valence-electron chi connectivity index (χ3n) is 4.32. The molecule has 1 aromatic carbocycles. The van der Waals surface area contributed by atoms with E-state index in [2.05, 4.69) is 31.4 Å². The maximum absolute atomic E-state index is 12.2. The number of carbonyl (C=O) groups is 1. The van der Waals surface area contributed by atoms with Gasteiger partial charge >= 0.3 is 0 Å². The van der Waals surface area contributed by atoms with E-state index in [1.807, 2.05) is 38.1 Å². The summed E-state index contributed by atoms with van der Waals surface area (Å²) in [7, 11) is 0. The van der Waals surface area contributed by atoms with Crippen LogP contribution in [-0.4, -0.2) is 29.7 Å². The molecule has 3 unspecified atom stereocenters. The van der Waals surface area contributed by atoms with E-state index in [1.54, 1.807) is 0 Å². The van der Waals surface area contributed by atoms with E-state index < -0.39 is 0 Å². The zero-order chi connectivity index (χ0) is 17.4. The molecule has 0 aromatic heterocycles. The van der Waals surface area contributed by atoms with E-state index >= 15 is 0 Å². The summed E-state index contributed by atoms with van der Waals surface area (Å²) >= 11 is 0. The Bertz CT molecular complexity index is 488. The molecule has 0 saturated carbocycles. The van der Waals surface area contributed by atoms with Crippen molar-refractivity contribution in [2.75, 3.05) is 11.9 Å². The lowest BCUT2D eigenvalue weighted by Gasteiger charge is -2.21. The molecule has 0 spiro atoms. The maximum atomic E-state index is 12.2. The van der Waals surface area contributed by atoms with Crippen LogP contribution < -0.4 is 10.6 Å². The molecule has 0 heterocycles. The largest absolute Gasteiger partial charge is 0.392 e. The quantitative estimate of drug-likeness (QED) is 0.652. The van der Waals surface area contributed by atoms with Crippen LogP contribution in [0.5, 0.6) is 0 Å². The lowest BCUT2D eigenvalue weighted by atomic mass is 10.0. The van der Waals surface area contributed by atoms with Crippen LogP contribution in [0.25, 0.3) is 0 Å². The number of hydrogen-bond donors (Lipinski definition) is 3. The minimum absolute atomic E-state index is 0.00358. The number of nitrogens with one attached hydrogen (secondary N) is 2. The number of para-hydroxylation sites is 1. The van der Waals surface area contributed by atoms with Crippen LogP contribution >= 0.6 is 0 Å². The highest BCUT2D eigenvalue weighted by molar-refractivity contribution is 5.91. The second-order valence-electron chi connectivity index (χ2n) is 6.76. The van der Waals surface area contributed by atoms with Gasteiger partial charge in [-0.2, -0.15) is 0 Å². The van der Waals surface area contributed by atoms with Gasteiger partial charge in [0, 0.05) is 24.7 Å². The summed E-state index contributed by atoms with van der Waals surface area (Å²) in [6, 6.07) is 7.94. The van der Waals surface area contributed by atoms with Crippen LogP contribution in [0, 0.1) is 5.92 Å². The summed E-state index contributed by atoms with van der Waals surface area (Å²) < 4.78 is 0. The zero-order valence-electron chi connectivity index (χ0n) is 15.1. The predicted octanol–water partition coefficient (Wildman–Crippen LogP) is 3.52. The first-order chi connectivity index (χ1) is 10.8. The topological polar surface area (TPSA) is 61.4 Å². The molecule has 130 valence electrons. The van der Waals surface area contributed by atoms with E-state index in [1.165, 1.54) is 0 Å². The highest BCUT2D eigenvalue weighted by atomic mass is 16.3. The highest BCUT2D eigenvalue weighted by Crippen LogP contribution is 2.23. The Labute approximate surface area is 140 Å². The molecule has 3 N–H and O–H groups in total. The fourth-order valence-electron chi connectivity index (χ4n) is 2.46. The molecule has 4 nitrogen and oxygen atoms in total. The van der Waals surface area contributed by atoms with Crippen molar-refractivity contribution in [2.24, 2.45) is 5.92 Å².